The summed E-state index contributed by atoms with van der Waals surface area (Å²) in [5.41, 5.74) is 2.93. The van der Waals surface area contributed by atoms with Gasteiger partial charge in [-0.05, 0) is 46.3 Å². The van der Waals surface area contributed by atoms with Crippen molar-refractivity contribution in [3.8, 4) is 17.1 Å². The second-order valence-electron chi connectivity index (χ2n) is 5.64. The highest BCUT2D eigenvalue weighted by Gasteiger charge is 2.13. The quantitative estimate of drug-likeness (QED) is 0.298. The Morgan fingerprint density at radius 3 is 2.79 bits per heavy atom. The fourth-order valence-corrected chi connectivity index (χ4v) is 3.04. The van der Waals surface area contributed by atoms with Gasteiger partial charge in [0.25, 0.3) is 11.6 Å². The lowest BCUT2D eigenvalue weighted by Gasteiger charge is -2.06. The molecule has 8 nitrogen and oxygen atoms in total. The molecule has 10 heteroatoms. The van der Waals surface area contributed by atoms with Crippen molar-refractivity contribution < 1.29 is 18.9 Å². The maximum absolute atomic E-state index is 11.8. The summed E-state index contributed by atoms with van der Waals surface area (Å²) in [5.74, 6) is 0.808. The molecular weight excluding hydrogens is 466 g/mol. The van der Waals surface area contributed by atoms with Crippen LogP contribution in [0.3, 0.4) is 0 Å². The normalized spacial score (nSPS) is 10.8. The Balaban J connectivity index is 1.57. The monoisotopic (exact) mass is 477 g/mol. The van der Waals surface area contributed by atoms with E-state index in [4.69, 9.17) is 20.8 Å². The molecule has 1 amide bonds. The van der Waals surface area contributed by atoms with E-state index in [1.165, 1.54) is 18.3 Å². The van der Waals surface area contributed by atoms with Gasteiger partial charge < -0.3 is 9.15 Å². The predicted molar refractivity (Wildman–Crippen MR) is 111 cm³/mol. The molecule has 0 aliphatic heterocycles. The molecule has 0 aliphatic rings. The van der Waals surface area contributed by atoms with Crippen LogP contribution in [0.15, 0.2) is 68.6 Å². The molecule has 0 fully saturated rings. The van der Waals surface area contributed by atoms with Crippen molar-refractivity contribution in [2.24, 2.45) is 5.10 Å². The number of halogens is 2. The number of nitro benzene ring substituents is 1. The largest absolute Gasteiger partial charge is 0.482 e. The third-order valence-corrected chi connectivity index (χ3v) is 4.60. The molecule has 0 saturated carbocycles. The molecule has 29 heavy (non-hydrogen) atoms. The first kappa shape index (κ1) is 20.6. The van der Waals surface area contributed by atoms with E-state index >= 15 is 0 Å². The minimum atomic E-state index is -0.479. The molecule has 1 aromatic heterocycles. The molecule has 1 N–H and O–H groups in total. The lowest BCUT2D eigenvalue weighted by molar-refractivity contribution is -0.384. The van der Waals surface area contributed by atoms with Crippen LogP contribution in [-0.4, -0.2) is 23.7 Å². The third-order valence-electron chi connectivity index (χ3n) is 3.63. The average Bonchev–Trinajstić information content (AvgIpc) is 3.15. The van der Waals surface area contributed by atoms with Crippen LogP contribution in [0.5, 0.6) is 5.75 Å². The highest BCUT2D eigenvalue weighted by atomic mass is 79.9. The van der Waals surface area contributed by atoms with Crippen molar-refractivity contribution in [1.82, 2.24) is 5.43 Å². The summed E-state index contributed by atoms with van der Waals surface area (Å²) < 4.78 is 11.5. The smallest absolute Gasteiger partial charge is 0.277 e. The van der Waals surface area contributed by atoms with E-state index in [2.05, 4.69) is 26.5 Å². The zero-order valence-electron chi connectivity index (χ0n) is 14.7. The summed E-state index contributed by atoms with van der Waals surface area (Å²) in [7, 11) is 0. The number of hydrogen-bond donors (Lipinski definition) is 1. The first-order valence-corrected chi connectivity index (χ1v) is 9.34. The van der Waals surface area contributed by atoms with Crippen LogP contribution in [0.1, 0.15) is 5.76 Å². The van der Waals surface area contributed by atoms with Crippen LogP contribution in [0.4, 0.5) is 5.69 Å². The molecule has 1 heterocycles. The number of para-hydroxylation sites is 1. The molecule has 0 atom stereocenters. The van der Waals surface area contributed by atoms with Gasteiger partial charge in [-0.15, -0.1) is 0 Å². The van der Waals surface area contributed by atoms with Gasteiger partial charge in [0.05, 0.1) is 16.2 Å². The Morgan fingerprint density at radius 2 is 2.07 bits per heavy atom. The van der Waals surface area contributed by atoms with E-state index in [0.717, 1.165) is 0 Å². The zero-order valence-corrected chi connectivity index (χ0v) is 17.0. The van der Waals surface area contributed by atoms with Gasteiger partial charge in [0.2, 0.25) is 0 Å². The van der Waals surface area contributed by atoms with E-state index in [1.54, 1.807) is 42.5 Å². The minimum Gasteiger partial charge on any atom is -0.482 e. The maximum Gasteiger partial charge on any atom is 0.277 e. The summed E-state index contributed by atoms with van der Waals surface area (Å²) in [4.78, 5) is 22.1. The van der Waals surface area contributed by atoms with E-state index in [1.807, 2.05) is 0 Å². The second kappa shape index (κ2) is 9.35. The first-order chi connectivity index (χ1) is 13.9. The molecule has 0 bridgehead atoms. The summed E-state index contributed by atoms with van der Waals surface area (Å²) in [5, 5.41) is 15.0. The number of ether oxygens (including phenoxy) is 1. The summed E-state index contributed by atoms with van der Waals surface area (Å²) in [6.07, 6.45) is 1.33. The number of hydrazone groups is 1. The summed E-state index contributed by atoms with van der Waals surface area (Å²) >= 11 is 9.24. The molecule has 0 saturated heterocycles. The summed E-state index contributed by atoms with van der Waals surface area (Å²) in [6.45, 7) is -0.250. The van der Waals surface area contributed by atoms with E-state index < -0.39 is 10.8 Å². The van der Waals surface area contributed by atoms with Crippen LogP contribution in [0.25, 0.3) is 11.3 Å². The Kier molecular flexibility index (Phi) is 6.63. The van der Waals surface area contributed by atoms with Crippen molar-refractivity contribution >= 4 is 45.3 Å². The predicted octanol–water partition coefficient (Wildman–Crippen LogP) is 4.80. The van der Waals surface area contributed by atoms with Gasteiger partial charge in [-0.2, -0.15) is 5.10 Å². The van der Waals surface area contributed by atoms with Crippen LogP contribution in [0.2, 0.25) is 5.02 Å². The van der Waals surface area contributed by atoms with Gasteiger partial charge in [0, 0.05) is 22.2 Å². The Labute approximate surface area is 178 Å². The number of rotatable bonds is 7. The molecule has 0 radical (unpaired) electrons. The highest BCUT2D eigenvalue weighted by Crippen LogP contribution is 2.32. The van der Waals surface area contributed by atoms with Gasteiger partial charge in [0.1, 0.15) is 17.3 Å². The first-order valence-electron chi connectivity index (χ1n) is 8.17. The SMILES string of the molecule is O=C(COc1ccccc1Cl)N/N=C\c1ccc(-c2ccc([N+](=O)[O-])cc2Br)o1. The zero-order chi connectivity index (χ0) is 20.8. The second-order valence-corrected chi connectivity index (χ2v) is 6.90. The van der Waals surface area contributed by atoms with E-state index in [-0.39, 0.29) is 12.3 Å². The molecule has 2 aromatic carbocycles. The van der Waals surface area contributed by atoms with Crippen LogP contribution in [0, 0.1) is 10.1 Å². The van der Waals surface area contributed by atoms with Crippen molar-refractivity contribution in [3.63, 3.8) is 0 Å². The fourth-order valence-electron chi connectivity index (χ4n) is 2.29. The topological polar surface area (TPSA) is 107 Å². The van der Waals surface area contributed by atoms with Gasteiger partial charge in [-0.1, -0.05) is 23.7 Å². The molecule has 0 unspecified atom stereocenters. The van der Waals surface area contributed by atoms with Crippen molar-refractivity contribution in [2.45, 2.75) is 0 Å². The maximum atomic E-state index is 11.8. The number of nitrogens with zero attached hydrogens (tertiary/aromatic N) is 2. The van der Waals surface area contributed by atoms with Gasteiger partial charge >= 0.3 is 0 Å². The number of carbonyl (C=O) groups is 1. The number of nitro groups is 1. The van der Waals surface area contributed by atoms with Crippen molar-refractivity contribution in [3.05, 3.63) is 80.0 Å². The molecule has 3 rings (SSSR count). The van der Waals surface area contributed by atoms with E-state index in [9.17, 15) is 14.9 Å². The minimum absolute atomic E-state index is 0.0318. The van der Waals surface area contributed by atoms with Crippen molar-refractivity contribution in [1.29, 1.82) is 0 Å². The molecular formula is C19H13BrClN3O5. The number of benzene rings is 2. The van der Waals surface area contributed by atoms with Crippen LogP contribution < -0.4 is 10.2 Å². The number of furan rings is 1. The number of non-ortho nitro benzene ring substituents is 1. The molecule has 3 aromatic rings. The Morgan fingerprint density at radius 1 is 1.28 bits per heavy atom. The van der Waals surface area contributed by atoms with Crippen molar-refractivity contribution in [2.75, 3.05) is 6.61 Å². The Bertz CT molecular complexity index is 1080. The number of carbonyl (C=O) groups excluding carboxylic acids is 1. The van der Waals surface area contributed by atoms with Gasteiger partial charge in [0.15, 0.2) is 6.61 Å². The number of hydrogen-bond acceptors (Lipinski definition) is 6. The summed E-state index contributed by atoms with van der Waals surface area (Å²) in [6, 6.07) is 14.5. The fraction of sp³-hybridized carbons (Fsp3) is 0.0526. The lowest BCUT2D eigenvalue weighted by Crippen LogP contribution is -2.24. The molecule has 0 spiro atoms. The third kappa shape index (κ3) is 5.43. The van der Waals surface area contributed by atoms with Crippen LogP contribution in [-0.2, 0) is 4.79 Å². The molecule has 0 aliphatic carbocycles. The Hall–Kier alpha value is -3.17. The lowest BCUT2D eigenvalue weighted by atomic mass is 10.1. The standard InChI is InChI=1S/C19H13BrClN3O5/c20-15-9-12(24(26)27)5-7-14(15)17-8-6-13(29-17)10-22-23-19(25)11-28-18-4-2-1-3-16(18)21/h1-10H,11H2,(H,23,25)/b22-10-. The average molecular weight is 479 g/mol. The number of nitrogens with one attached hydrogen (secondary N) is 1. The van der Waals surface area contributed by atoms with Gasteiger partial charge in [-0.25, -0.2) is 5.43 Å². The van der Waals surface area contributed by atoms with Gasteiger partial charge in [-0.3, -0.25) is 14.9 Å². The van der Waals surface area contributed by atoms with Crippen LogP contribution >= 0.6 is 27.5 Å². The highest BCUT2D eigenvalue weighted by molar-refractivity contribution is 9.10. The van der Waals surface area contributed by atoms with E-state index in [0.29, 0.717) is 32.3 Å². The molecule has 148 valence electrons. The number of amides is 1.